The first kappa shape index (κ1) is 16.9. The molecule has 0 saturated carbocycles. The normalized spacial score (nSPS) is 15.4. The molecule has 0 aromatic carbocycles. The van der Waals surface area contributed by atoms with E-state index in [1.54, 1.807) is 31.8 Å². The molecule has 8 heteroatoms. The lowest BCUT2D eigenvalue weighted by atomic mass is 10.2. The summed E-state index contributed by atoms with van der Waals surface area (Å²) in [5.41, 5.74) is 1.57. The topological polar surface area (TPSA) is 67.3 Å². The number of nitrogens with zero attached hydrogens (tertiary/aromatic N) is 6. The molecule has 0 atom stereocenters. The highest BCUT2D eigenvalue weighted by Crippen LogP contribution is 2.34. The van der Waals surface area contributed by atoms with Crippen LogP contribution in [0.2, 0.25) is 5.15 Å². The van der Waals surface area contributed by atoms with Crippen molar-refractivity contribution in [3.63, 3.8) is 0 Å². The molecular formula is C18H19ClN6O. The number of hydrogen-bond acceptors (Lipinski definition) is 7. The number of piperazine rings is 1. The molecule has 0 unspecified atom stereocenters. The SMILES string of the molecule is COc1cncc2nc(-c3ccnc(Cl)c3)nc(N3CCN(C)CC3)c12. The third kappa shape index (κ3) is 3.15. The summed E-state index contributed by atoms with van der Waals surface area (Å²) in [5, 5.41) is 1.30. The van der Waals surface area contributed by atoms with Crippen molar-refractivity contribution in [3.8, 4) is 17.1 Å². The van der Waals surface area contributed by atoms with Gasteiger partial charge in [0.2, 0.25) is 0 Å². The first-order chi connectivity index (χ1) is 12.7. The van der Waals surface area contributed by atoms with Crippen LogP contribution < -0.4 is 9.64 Å². The van der Waals surface area contributed by atoms with E-state index in [4.69, 9.17) is 21.3 Å². The van der Waals surface area contributed by atoms with Crippen molar-refractivity contribution < 1.29 is 4.74 Å². The lowest BCUT2D eigenvalue weighted by molar-refractivity contribution is 0.312. The number of hydrogen-bond donors (Lipinski definition) is 0. The Hall–Kier alpha value is -2.51. The van der Waals surface area contributed by atoms with Crippen molar-refractivity contribution in [3.05, 3.63) is 35.9 Å². The van der Waals surface area contributed by atoms with E-state index in [2.05, 4.69) is 31.8 Å². The number of anilines is 1. The van der Waals surface area contributed by atoms with Crippen LogP contribution in [0.3, 0.4) is 0 Å². The maximum Gasteiger partial charge on any atom is 0.162 e. The number of fused-ring (bicyclic) bond motifs is 1. The Kier molecular flexibility index (Phi) is 4.57. The van der Waals surface area contributed by atoms with E-state index < -0.39 is 0 Å². The second-order valence-electron chi connectivity index (χ2n) is 6.26. The molecule has 0 radical (unpaired) electrons. The van der Waals surface area contributed by atoms with E-state index in [0.29, 0.717) is 16.7 Å². The Labute approximate surface area is 156 Å². The lowest BCUT2D eigenvalue weighted by Crippen LogP contribution is -2.45. The van der Waals surface area contributed by atoms with Crippen LogP contribution in [0.4, 0.5) is 5.82 Å². The Balaban J connectivity index is 1.91. The average Bonchev–Trinajstić information content (AvgIpc) is 2.67. The second kappa shape index (κ2) is 7.01. The van der Waals surface area contributed by atoms with Gasteiger partial charge in [0.1, 0.15) is 16.7 Å². The lowest BCUT2D eigenvalue weighted by Gasteiger charge is -2.34. The molecule has 4 heterocycles. The van der Waals surface area contributed by atoms with Crippen LogP contribution in [-0.4, -0.2) is 65.2 Å². The zero-order valence-electron chi connectivity index (χ0n) is 14.7. The monoisotopic (exact) mass is 370 g/mol. The van der Waals surface area contributed by atoms with Gasteiger partial charge in [-0.2, -0.15) is 0 Å². The molecule has 0 aliphatic carbocycles. The van der Waals surface area contributed by atoms with Gasteiger partial charge in [0.05, 0.1) is 30.4 Å². The number of likely N-dealkylation sites (N-methyl/N-ethyl adjacent to an activating group) is 1. The van der Waals surface area contributed by atoms with Crippen LogP contribution in [0.1, 0.15) is 0 Å². The summed E-state index contributed by atoms with van der Waals surface area (Å²) in [5.74, 6) is 2.15. The van der Waals surface area contributed by atoms with Gasteiger partial charge in [-0.15, -0.1) is 0 Å². The van der Waals surface area contributed by atoms with Gasteiger partial charge in [-0.1, -0.05) is 11.6 Å². The van der Waals surface area contributed by atoms with E-state index in [0.717, 1.165) is 48.5 Å². The smallest absolute Gasteiger partial charge is 0.162 e. The summed E-state index contributed by atoms with van der Waals surface area (Å²) < 4.78 is 5.53. The van der Waals surface area contributed by atoms with Crippen LogP contribution in [0.15, 0.2) is 30.7 Å². The molecule has 1 aliphatic rings. The molecule has 7 nitrogen and oxygen atoms in total. The number of rotatable bonds is 3. The Morgan fingerprint density at radius 2 is 1.92 bits per heavy atom. The zero-order valence-corrected chi connectivity index (χ0v) is 15.4. The minimum atomic E-state index is 0.413. The molecule has 0 spiro atoms. The molecule has 0 amide bonds. The fraction of sp³-hybridized carbons (Fsp3) is 0.333. The summed E-state index contributed by atoms with van der Waals surface area (Å²) in [6.07, 6.45) is 5.10. The second-order valence-corrected chi connectivity index (χ2v) is 6.65. The van der Waals surface area contributed by atoms with Gasteiger partial charge in [-0.25, -0.2) is 15.0 Å². The van der Waals surface area contributed by atoms with E-state index in [1.807, 2.05) is 6.07 Å². The number of ether oxygens (including phenoxy) is 1. The van der Waals surface area contributed by atoms with Crippen LogP contribution in [-0.2, 0) is 0 Å². The van der Waals surface area contributed by atoms with Crippen molar-refractivity contribution in [1.82, 2.24) is 24.8 Å². The molecule has 0 N–H and O–H groups in total. The molecule has 4 rings (SSSR count). The van der Waals surface area contributed by atoms with Gasteiger partial charge in [-0.3, -0.25) is 4.98 Å². The summed E-state index contributed by atoms with van der Waals surface area (Å²) in [6.45, 7) is 3.75. The highest BCUT2D eigenvalue weighted by atomic mass is 35.5. The highest BCUT2D eigenvalue weighted by molar-refractivity contribution is 6.29. The van der Waals surface area contributed by atoms with Gasteiger partial charge < -0.3 is 14.5 Å². The van der Waals surface area contributed by atoms with Crippen molar-refractivity contribution in [1.29, 1.82) is 0 Å². The summed E-state index contributed by atoms with van der Waals surface area (Å²) >= 11 is 6.05. The zero-order chi connectivity index (χ0) is 18.1. The largest absolute Gasteiger partial charge is 0.494 e. The third-order valence-electron chi connectivity index (χ3n) is 4.56. The number of aromatic nitrogens is 4. The molecule has 134 valence electrons. The fourth-order valence-electron chi connectivity index (χ4n) is 3.11. The first-order valence-electron chi connectivity index (χ1n) is 8.41. The average molecular weight is 371 g/mol. The molecule has 26 heavy (non-hydrogen) atoms. The van der Waals surface area contributed by atoms with E-state index in [9.17, 15) is 0 Å². The summed E-state index contributed by atoms with van der Waals surface area (Å²) in [7, 11) is 3.77. The predicted molar refractivity (Wildman–Crippen MR) is 102 cm³/mol. The molecule has 1 aliphatic heterocycles. The summed E-state index contributed by atoms with van der Waals surface area (Å²) in [4.78, 5) is 22.4. The van der Waals surface area contributed by atoms with Crippen molar-refractivity contribution in [2.24, 2.45) is 0 Å². The number of halogens is 1. The standard InChI is InChI=1S/C18H19ClN6O/c1-24-5-7-25(8-6-24)18-16-13(10-20-11-14(16)26-2)22-17(23-18)12-3-4-21-15(19)9-12/h3-4,9-11H,5-8H2,1-2H3. The third-order valence-corrected chi connectivity index (χ3v) is 4.77. The van der Waals surface area contributed by atoms with Gasteiger partial charge in [0.25, 0.3) is 0 Å². The fourth-order valence-corrected chi connectivity index (χ4v) is 3.28. The Bertz CT molecular complexity index is 942. The van der Waals surface area contributed by atoms with E-state index >= 15 is 0 Å². The van der Waals surface area contributed by atoms with E-state index in [1.165, 1.54) is 0 Å². The van der Waals surface area contributed by atoms with Gasteiger partial charge in [0.15, 0.2) is 5.82 Å². The summed E-state index contributed by atoms with van der Waals surface area (Å²) in [6, 6.07) is 3.62. The molecule has 3 aromatic heterocycles. The van der Waals surface area contributed by atoms with Crippen LogP contribution in [0.25, 0.3) is 22.3 Å². The van der Waals surface area contributed by atoms with Crippen LogP contribution in [0, 0.1) is 0 Å². The Morgan fingerprint density at radius 3 is 2.65 bits per heavy atom. The van der Waals surface area contributed by atoms with E-state index in [-0.39, 0.29) is 0 Å². The molecule has 3 aromatic rings. The van der Waals surface area contributed by atoms with Crippen LogP contribution in [0.5, 0.6) is 5.75 Å². The van der Waals surface area contributed by atoms with Gasteiger partial charge >= 0.3 is 0 Å². The number of pyridine rings is 2. The van der Waals surface area contributed by atoms with Crippen molar-refractivity contribution in [2.75, 3.05) is 45.2 Å². The molecule has 1 fully saturated rings. The predicted octanol–water partition coefficient (Wildman–Crippen LogP) is 2.50. The van der Waals surface area contributed by atoms with Gasteiger partial charge in [-0.05, 0) is 19.2 Å². The molecule has 1 saturated heterocycles. The van der Waals surface area contributed by atoms with Crippen LogP contribution >= 0.6 is 11.6 Å². The molecular weight excluding hydrogens is 352 g/mol. The molecule has 0 bridgehead atoms. The van der Waals surface area contributed by atoms with Gasteiger partial charge in [0, 0.05) is 37.9 Å². The van der Waals surface area contributed by atoms with Crippen molar-refractivity contribution in [2.45, 2.75) is 0 Å². The maximum absolute atomic E-state index is 6.05. The quantitative estimate of drug-likeness (QED) is 0.656. The minimum Gasteiger partial charge on any atom is -0.494 e. The Morgan fingerprint density at radius 1 is 1.12 bits per heavy atom. The maximum atomic E-state index is 6.05. The minimum absolute atomic E-state index is 0.413. The van der Waals surface area contributed by atoms with Crippen molar-refractivity contribution >= 4 is 28.3 Å². The highest BCUT2D eigenvalue weighted by Gasteiger charge is 2.22. The number of methoxy groups -OCH3 is 1. The first-order valence-corrected chi connectivity index (χ1v) is 8.78.